The Morgan fingerprint density at radius 2 is 1.40 bits per heavy atom. The standard InChI is InChI=1S/C14H11N3O.C13H13N3O/c18-14-13(11-6-8-15-9-7-11)10-17(16-14)12-4-2-1-3-5-12;17-13(10-11-6-8-14-9-7-11)16-15-12-4-2-1-3-5-12/h1-10H,(H,16,18);1-9,15H,10H2,(H,16,17). The van der Waals surface area contributed by atoms with Crippen molar-refractivity contribution in [3.05, 3.63) is 132 Å². The number of pyridine rings is 2. The van der Waals surface area contributed by atoms with Crippen molar-refractivity contribution < 1.29 is 4.79 Å². The molecule has 0 unspecified atom stereocenters. The molecule has 5 aromatic rings. The highest BCUT2D eigenvalue weighted by atomic mass is 16.2. The molecule has 8 heteroatoms. The number of nitrogens with zero attached hydrogens (tertiary/aromatic N) is 3. The molecule has 3 N–H and O–H groups in total. The van der Waals surface area contributed by atoms with E-state index in [2.05, 4.69) is 25.9 Å². The van der Waals surface area contributed by atoms with Crippen LogP contribution in [-0.2, 0) is 11.2 Å². The zero-order valence-electron chi connectivity index (χ0n) is 18.8. The number of benzene rings is 2. The fraction of sp³-hybridized carbons (Fsp3) is 0.0370. The molecule has 3 heterocycles. The van der Waals surface area contributed by atoms with Gasteiger partial charge in [-0.1, -0.05) is 36.4 Å². The molecule has 2 aromatic carbocycles. The van der Waals surface area contributed by atoms with Gasteiger partial charge in [-0.2, -0.15) is 0 Å². The number of hydrazine groups is 1. The van der Waals surface area contributed by atoms with E-state index in [9.17, 15) is 9.59 Å². The maximum absolute atomic E-state index is 11.9. The van der Waals surface area contributed by atoms with E-state index < -0.39 is 0 Å². The molecule has 0 aliphatic carbocycles. The summed E-state index contributed by atoms with van der Waals surface area (Å²) in [4.78, 5) is 31.4. The predicted octanol–water partition coefficient (Wildman–Crippen LogP) is 4.00. The third-order valence-corrected chi connectivity index (χ3v) is 4.98. The molecule has 0 spiro atoms. The summed E-state index contributed by atoms with van der Waals surface area (Å²) < 4.78 is 1.72. The number of carbonyl (C=O) groups is 1. The van der Waals surface area contributed by atoms with E-state index >= 15 is 0 Å². The highest BCUT2D eigenvalue weighted by Gasteiger charge is 2.07. The SMILES string of the molecule is O=C(Cc1ccncc1)NNc1ccccc1.O=c1[nH]n(-c2ccccc2)cc1-c1ccncc1. The van der Waals surface area contributed by atoms with Gasteiger partial charge in [-0.15, -0.1) is 0 Å². The number of hydrogen-bond acceptors (Lipinski definition) is 5. The summed E-state index contributed by atoms with van der Waals surface area (Å²) in [6, 6.07) is 26.4. The van der Waals surface area contributed by atoms with Crippen molar-refractivity contribution in [2.24, 2.45) is 0 Å². The van der Waals surface area contributed by atoms with Crippen molar-refractivity contribution in [1.29, 1.82) is 0 Å². The third kappa shape index (κ3) is 6.75. The van der Waals surface area contributed by atoms with Crippen LogP contribution in [0.15, 0.2) is 121 Å². The van der Waals surface area contributed by atoms with Gasteiger partial charge in [0.2, 0.25) is 5.91 Å². The Morgan fingerprint density at radius 3 is 2.06 bits per heavy atom. The van der Waals surface area contributed by atoms with E-state index in [1.54, 1.807) is 35.7 Å². The molecule has 0 saturated heterocycles. The second-order valence-electron chi connectivity index (χ2n) is 7.50. The number of H-pyrrole nitrogens is 1. The molecule has 0 fully saturated rings. The summed E-state index contributed by atoms with van der Waals surface area (Å²) in [5.74, 6) is -0.0833. The number of amides is 1. The van der Waals surface area contributed by atoms with Crippen LogP contribution in [0.1, 0.15) is 5.56 Å². The van der Waals surface area contributed by atoms with E-state index in [-0.39, 0.29) is 11.5 Å². The lowest BCUT2D eigenvalue weighted by Crippen LogP contribution is -2.30. The fourth-order valence-electron chi connectivity index (χ4n) is 3.25. The lowest BCUT2D eigenvalue weighted by molar-refractivity contribution is -0.119. The van der Waals surface area contributed by atoms with Crippen LogP contribution in [0.4, 0.5) is 5.69 Å². The largest absolute Gasteiger partial charge is 0.299 e. The molecule has 0 saturated carbocycles. The minimum Gasteiger partial charge on any atom is -0.299 e. The van der Waals surface area contributed by atoms with Crippen LogP contribution in [0.25, 0.3) is 16.8 Å². The molecule has 3 aromatic heterocycles. The van der Waals surface area contributed by atoms with Crippen LogP contribution >= 0.6 is 0 Å². The van der Waals surface area contributed by atoms with Crippen molar-refractivity contribution in [2.45, 2.75) is 6.42 Å². The first-order chi connectivity index (χ1) is 17.2. The van der Waals surface area contributed by atoms with Gasteiger partial charge < -0.3 is 0 Å². The Bertz CT molecular complexity index is 1390. The number of aromatic amines is 1. The molecule has 5 rings (SSSR count). The Kier molecular flexibility index (Phi) is 7.79. The Hall–Kier alpha value is -4.98. The lowest BCUT2D eigenvalue weighted by atomic mass is 10.1. The highest BCUT2D eigenvalue weighted by Crippen LogP contribution is 2.15. The average molecular weight is 465 g/mol. The summed E-state index contributed by atoms with van der Waals surface area (Å²) in [6.45, 7) is 0. The van der Waals surface area contributed by atoms with Gasteiger partial charge in [0.1, 0.15) is 0 Å². The number of para-hydroxylation sites is 2. The first-order valence-electron chi connectivity index (χ1n) is 11.0. The molecule has 0 aliphatic rings. The summed E-state index contributed by atoms with van der Waals surface area (Å²) in [5, 5.41) is 2.80. The van der Waals surface area contributed by atoms with Gasteiger partial charge in [-0.25, -0.2) is 0 Å². The molecule has 8 nitrogen and oxygen atoms in total. The van der Waals surface area contributed by atoms with E-state index in [0.717, 1.165) is 22.5 Å². The number of hydrogen-bond donors (Lipinski definition) is 3. The quantitative estimate of drug-likeness (QED) is 0.330. The van der Waals surface area contributed by atoms with Crippen molar-refractivity contribution in [3.63, 3.8) is 0 Å². The van der Waals surface area contributed by atoms with Crippen LogP contribution in [0.3, 0.4) is 0 Å². The van der Waals surface area contributed by atoms with Gasteiger partial charge in [-0.3, -0.25) is 40.2 Å². The number of aromatic nitrogens is 4. The molecule has 35 heavy (non-hydrogen) atoms. The average Bonchev–Trinajstić information content (AvgIpc) is 3.32. The van der Waals surface area contributed by atoms with E-state index in [1.807, 2.05) is 84.9 Å². The number of anilines is 1. The first kappa shape index (κ1) is 23.2. The van der Waals surface area contributed by atoms with Crippen molar-refractivity contribution in [3.8, 4) is 16.8 Å². The predicted molar refractivity (Wildman–Crippen MR) is 136 cm³/mol. The molecule has 0 aliphatic heterocycles. The Labute approximate surface area is 202 Å². The van der Waals surface area contributed by atoms with Crippen molar-refractivity contribution >= 4 is 11.6 Å². The van der Waals surface area contributed by atoms with Crippen LogP contribution < -0.4 is 16.4 Å². The lowest BCUT2D eigenvalue weighted by Gasteiger charge is -2.07. The van der Waals surface area contributed by atoms with Crippen LogP contribution in [0, 0.1) is 0 Å². The topological polar surface area (TPSA) is 105 Å². The third-order valence-electron chi connectivity index (χ3n) is 4.98. The molecule has 174 valence electrons. The molecular formula is C27H24N6O2. The molecule has 1 amide bonds. The van der Waals surface area contributed by atoms with Gasteiger partial charge in [0, 0.05) is 31.0 Å². The molecule has 0 atom stereocenters. The van der Waals surface area contributed by atoms with Gasteiger partial charge in [0.05, 0.1) is 23.4 Å². The molecular weight excluding hydrogens is 440 g/mol. The maximum Gasteiger partial charge on any atom is 0.272 e. The van der Waals surface area contributed by atoms with E-state index in [0.29, 0.717) is 12.0 Å². The van der Waals surface area contributed by atoms with Gasteiger partial charge >= 0.3 is 0 Å². The van der Waals surface area contributed by atoms with Crippen LogP contribution in [0.5, 0.6) is 0 Å². The number of rotatable bonds is 6. The second-order valence-corrected chi connectivity index (χ2v) is 7.50. The zero-order valence-corrected chi connectivity index (χ0v) is 18.8. The molecule has 0 bridgehead atoms. The normalized spacial score (nSPS) is 10.1. The van der Waals surface area contributed by atoms with Crippen LogP contribution in [0.2, 0.25) is 0 Å². The summed E-state index contributed by atoms with van der Waals surface area (Å²) in [7, 11) is 0. The van der Waals surface area contributed by atoms with E-state index in [4.69, 9.17) is 0 Å². The summed E-state index contributed by atoms with van der Waals surface area (Å²) >= 11 is 0. The Balaban J connectivity index is 0.000000165. The second kappa shape index (κ2) is 11.8. The monoisotopic (exact) mass is 464 g/mol. The summed E-state index contributed by atoms with van der Waals surface area (Å²) in [5.41, 5.74) is 9.60. The van der Waals surface area contributed by atoms with Crippen molar-refractivity contribution in [1.82, 2.24) is 25.2 Å². The number of nitrogens with one attached hydrogen (secondary N) is 3. The smallest absolute Gasteiger partial charge is 0.272 e. The van der Waals surface area contributed by atoms with E-state index in [1.165, 1.54) is 0 Å². The van der Waals surface area contributed by atoms with Crippen LogP contribution in [-0.4, -0.2) is 25.7 Å². The molecule has 0 radical (unpaired) electrons. The maximum atomic E-state index is 11.9. The van der Waals surface area contributed by atoms with Crippen molar-refractivity contribution in [2.75, 3.05) is 5.43 Å². The highest BCUT2D eigenvalue weighted by molar-refractivity contribution is 5.79. The van der Waals surface area contributed by atoms with Gasteiger partial charge in [0.15, 0.2) is 0 Å². The Morgan fingerprint density at radius 1 is 0.800 bits per heavy atom. The zero-order chi connectivity index (χ0) is 24.3. The van der Waals surface area contributed by atoms with Gasteiger partial charge in [-0.05, 0) is 59.7 Å². The number of carbonyl (C=O) groups excluding carboxylic acids is 1. The fourth-order valence-corrected chi connectivity index (χ4v) is 3.25. The van der Waals surface area contributed by atoms with Gasteiger partial charge in [0.25, 0.3) is 5.56 Å². The minimum absolute atomic E-state index is 0.0833. The minimum atomic E-state index is -0.106. The summed E-state index contributed by atoms with van der Waals surface area (Å²) in [6.07, 6.45) is 8.83. The first-order valence-corrected chi connectivity index (χ1v) is 11.0.